The predicted molar refractivity (Wildman–Crippen MR) is 455 cm³/mol. The van der Waals surface area contributed by atoms with Crippen molar-refractivity contribution in [3.05, 3.63) is 288 Å². The predicted octanol–water partition coefficient (Wildman–Crippen LogP) is 26.4. The Labute approximate surface area is 634 Å². The second-order valence-electron chi connectivity index (χ2n) is 31.3. The third kappa shape index (κ3) is 52.8. The number of ether oxygens (including phenoxy) is 2. The van der Waals surface area contributed by atoms with E-state index >= 15 is 0 Å². The van der Waals surface area contributed by atoms with Gasteiger partial charge in [-0.15, -0.1) is 0 Å². The lowest BCUT2D eigenvalue weighted by Crippen LogP contribution is -2.12. The topological polar surface area (TPSA) is 110 Å². The SMILES string of the molecule is C.C.C.C.C.CC.CC(C)(C)Cc1ccccc1.CC(C)(C)Cc1ccccn1.CC(C)(C)Cc1ccncc1.CC(C)(C)c1ccccc1.CC(C)(C)c1ccccn1.CC(C)(C)c1ccncc1.CC(CO)COc1ccccc1.CCCOc1ccccc1.C[C@@H]1c2ccccc2CC1O. The van der Waals surface area contributed by atoms with Crippen LogP contribution in [0.15, 0.2) is 243 Å². The van der Waals surface area contributed by atoms with E-state index in [1.165, 1.54) is 39.1 Å². The summed E-state index contributed by atoms with van der Waals surface area (Å²) in [6.07, 6.45) is 16.1. The van der Waals surface area contributed by atoms with Gasteiger partial charge in [0.05, 0.1) is 19.3 Å². The molecule has 0 saturated carbocycles. The van der Waals surface area contributed by atoms with Crippen LogP contribution in [-0.2, 0) is 41.9 Å². The van der Waals surface area contributed by atoms with Crippen LogP contribution < -0.4 is 9.47 Å². The molecule has 0 spiro atoms. The van der Waals surface area contributed by atoms with E-state index in [4.69, 9.17) is 14.6 Å². The highest BCUT2D eigenvalue weighted by Crippen LogP contribution is 2.32. The maximum atomic E-state index is 9.52. The van der Waals surface area contributed by atoms with Gasteiger partial charge in [0, 0.05) is 72.4 Å². The first-order valence-corrected chi connectivity index (χ1v) is 35.5. The van der Waals surface area contributed by atoms with Crippen molar-refractivity contribution in [1.29, 1.82) is 0 Å². The Morgan fingerprint density at radius 1 is 0.417 bits per heavy atom. The second-order valence-corrected chi connectivity index (χ2v) is 31.3. The molecule has 2 N–H and O–H groups in total. The fourth-order valence-corrected chi connectivity index (χ4v) is 9.28. The lowest BCUT2D eigenvalue weighted by molar-refractivity contribution is 0.163. The van der Waals surface area contributed by atoms with Crippen LogP contribution in [0.3, 0.4) is 0 Å². The number of hydrogen-bond acceptors (Lipinski definition) is 8. The van der Waals surface area contributed by atoms with Crippen LogP contribution >= 0.6 is 0 Å². The zero-order valence-electron chi connectivity index (χ0n) is 65.0. The number of aliphatic hydroxyl groups excluding tert-OH is 2. The van der Waals surface area contributed by atoms with Crippen molar-refractivity contribution in [1.82, 2.24) is 19.9 Å². The molecule has 10 rings (SSSR count). The summed E-state index contributed by atoms with van der Waals surface area (Å²) in [5.74, 6) is 2.35. The summed E-state index contributed by atoms with van der Waals surface area (Å²) in [4.78, 5) is 16.4. The quantitative estimate of drug-likeness (QED) is 0.139. The van der Waals surface area contributed by atoms with E-state index in [0.29, 0.717) is 34.2 Å². The van der Waals surface area contributed by atoms with Gasteiger partial charge in [0.2, 0.25) is 0 Å². The van der Waals surface area contributed by atoms with Crippen LogP contribution in [-0.4, -0.2) is 56.1 Å². The molecule has 4 heterocycles. The monoisotopic (exact) mass is 1410 g/mol. The Kier molecular flexibility index (Phi) is 56.2. The molecule has 103 heavy (non-hydrogen) atoms. The van der Waals surface area contributed by atoms with E-state index in [1.54, 1.807) is 0 Å². The van der Waals surface area contributed by atoms with Gasteiger partial charge in [0.1, 0.15) is 11.5 Å². The normalized spacial score (nSPS) is 12.5. The van der Waals surface area contributed by atoms with Crippen LogP contribution in [0.5, 0.6) is 11.5 Å². The van der Waals surface area contributed by atoms with Crippen LogP contribution in [0, 0.1) is 22.2 Å². The smallest absolute Gasteiger partial charge is 0.119 e. The van der Waals surface area contributed by atoms with Crippen molar-refractivity contribution in [3.63, 3.8) is 0 Å². The van der Waals surface area contributed by atoms with Crippen molar-refractivity contribution in [2.75, 3.05) is 19.8 Å². The Morgan fingerprint density at radius 2 is 0.796 bits per heavy atom. The number of para-hydroxylation sites is 2. The first-order chi connectivity index (χ1) is 46.1. The molecule has 5 aromatic carbocycles. The number of nitrogens with zero attached hydrogens (tertiary/aromatic N) is 4. The molecular formula is C95H150N4O4. The fraction of sp³-hybridized carbons (Fsp3) is 0.474. The summed E-state index contributed by atoms with van der Waals surface area (Å²) >= 11 is 0. The maximum absolute atomic E-state index is 9.52. The molecule has 0 aliphatic heterocycles. The average molecular weight is 1410 g/mol. The van der Waals surface area contributed by atoms with E-state index in [-0.39, 0.29) is 66.6 Å². The Morgan fingerprint density at radius 3 is 1.16 bits per heavy atom. The summed E-state index contributed by atoms with van der Waals surface area (Å²) < 4.78 is 10.8. The average Bonchev–Trinajstić information content (AvgIpc) is 1.68. The minimum Gasteiger partial charge on any atom is -0.494 e. The summed E-state index contributed by atoms with van der Waals surface area (Å²) in [5.41, 5.74) is 12.3. The summed E-state index contributed by atoms with van der Waals surface area (Å²) in [6, 6.07) is 69.3. The molecule has 1 aliphatic rings. The van der Waals surface area contributed by atoms with E-state index in [0.717, 1.165) is 55.9 Å². The molecule has 0 radical (unpaired) electrons. The molecule has 574 valence electrons. The number of hydrogen-bond donors (Lipinski definition) is 2. The van der Waals surface area contributed by atoms with Crippen molar-refractivity contribution in [2.24, 2.45) is 22.2 Å². The molecule has 1 aliphatic carbocycles. The number of rotatable bonds is 10. The molecule has 2 unspecified atom stereocenters. The number of fused-ring (bicyclic) bond motifs is 1. The highest BCUT2D eigenvalue weighted by Gasteiger charge is 2.26. The van der Waals surface area contributed by atoms with Gasteiger partial charge in [-0.25, -0.2) is 0 Å². The van der Waals surface area contributed by atoms with E-state index in [1.807, 2.05) is 155 Å². The number of aromatic nitrogens is 4. The van der Waals surface area contributed by atoms with Gasteiger partial charge >= 0.3 is 0 Å². The highest BCUT2D eigenvalue weighted by molar-refractivity contribution is 5.36. The number of pyridine rings is 4. The zero-order valence-corrected chi connectivity index (χ0v) is 65.0. The molecule has 0 fully saturated rings. The molecule has 0 saturated heterocycles. The molecule has 3 atom stereocenters. The standard InChI is InChI=1S/C11H16.2C10H15N.C10H14O2.C10H12O.C10H14.2C9H13N.C9H12O.C2H6.5CH4/c1-11(2,3)9-10-7-5-4-6-8-10;1-10(2,3)8-9-4-6-11-7-5-9;1-10(2,3)8-9-6-4-5-7-11-9;1-9(7-11)8-12-10-5-3-2-4-6-10;1-7-9-5-3-2-4-8(9)6-10(7)11;1-10(2,3)9-7-5-4-6-8-9;1-9(2,3)8-4-6-10-7-5-8;1-9(2,3)8-6-4-5-7-10-8;1-2-8-10-9-6-4-3-5-7-9;1-2;;;;;/h4-8H,9H2,1-3H3;2*4-7H,8H2,1-3H3;2-6,9,11H,7-8H2,1H3;2-5,7,10-11H,6H2,1H3;4-8H,1-3H3;2*4-7H,1-3H3;3-7H,2,8H2,1H3;1-2H3;5*1H4/t;;;;7-,10?;;;;;;;;;;/m....1........../s1. The van der Waals surface area contributed by atoms with E-state index < -0.39 is 0 Å². The molecule has 0 bridgehead atoms. The lowest BCUT2D eigenvalue weighted by Gasteiger charge is -2.18. The van der Waals surface area contributed by atoms with Crippen molar-refractivity contribution >= 4 is 0 Å². The van der Waals surface area contributed by atoms with Gasteiger partial charge in [-0.05, 0) is 165 Å². The lowest BCUT2D eigenvalue weighted by atomic mass is 9.87. The summed E-state index contributed by atoms with van der Waals surface area (Å²) in [6.45, 7) is 51.6. The minimum absolute atomic E-state index is 0. The van der Waals surface area contributed by atoms with Crippen LogP contribution in [0.4, 0.5) is 0 Å². The van der Waals surface area contributed by atoms with Crippen molar-refractivity contribution in [3.8, 4) is 11.5 Å². The third-order valence-electron chi connectivity index (χ3n) is 14.5. The summed E-state index contributed by atoms with van der Waals surface area (Å²) in [5, 5.41) is 18.3. The maximum Gasteiger partial charge on any atom is 0.119 e. The largest absolute Gasteiger partial charge is 0.494 e. The molecular weight excluding hydrogens is 1260 g/mol. The second kappa shape index (κ2) is 55.7. The van der Waals surface area contributed by atoms with E-state index in [9.17, 15) is 5.11 Å². The van der Waals surface area contributed by atoms with Crippen LogP contribution in [0.2, 0.25) is 0 Å². The molecule has 0 amide bonds. The Bertz CT molecular complexity index is 3050. The molecule has 8 heteroatoms. The first kappa shape index (κ1) is 104. The van der Waals surface area contributed by atoms with Crippen LogP contribution in [0.25, 0.3) is 0 Å². The summed E-state index contributed by atoms with van der Waals surface area (Å²) in [7, 11) is 0. The fourth-order valence-electron chi connectivity index (χ4n) is 9.28. The van der Waals surface area contributed by atoms with Crippen molar-refractivity contribution in [2.45, 2.75) is 257 Å². The Balaban J connectivity index is -0.000000347. The van der Waals surface area contributed by atoms with Gasteiger partial charge in [-0.2, -0.15) is 0 Å². The van der Waals surface area contributed by atoms with Crippen LogP contribution in [0.1, 0.15) is 253 Å². The van der Waals surface area contributed by atoms with Gasteiger partial charge in [-0.3, -0.25) is 19.9 Å². The minimum atomic E-state index is -0.160. The third-order valence-corrected chi connectivity index (χ3v) is 14.5. The molecule has 9 aromatic rings. The van der Waals surface area contributed by atoms with Crippen molar-refractivity contribution < 1.29 is 19.7 Å². The van der Waals surface area contributed by atoms with E-state index in [2.05, 4.69) is 268 Å². The Hall–Kier alpha value is -7.78. The van der Waals surface area contributed by atoms with Gasteiger partial charge in [0.15, 0.2) is 0 Å². The number of aliphatic hydroxyl groups is 2. The van der Waals surface area contributed by atoms with Gasteiger partial charge < -0.3 is 19.7 Å². The molecule has 4 aromatic heterocycles. The van der Waals surface area contributed by atoms with Gasteiger partial charge in [0.25, 0.3) is 0 Å². The zero-order chi connectivity index (χ0) is 73.7. The number of benzene rings is 5. The van der Waals surface area contributed by atoms with Gasteiger partial charge in [-0.1, -0.05) is 330 Å². The highest BCUT2D eigenvalue weighted by atomic mass is 16.5. The first-order valence-electron chi connectivity index (χ1n) is 35.5. The molecule has 8 nitrogen and oxygen atoms in total.